The third-order valence-electron chi connectivity index (χ3n) is 5.07. The molecule has 0 saturated carbocycles. The number of carbonyl (C=O) groups is 5. The Labute approximate surface area is 200 Å². The van der Waals surface area contributed by atoms with Crippen LogP contribution in [0.25, 0.3) is 0 Å². The highest BCUT2D eigenvalue weighted by atomic mass is 16.3. The van der Waals surface area contributed by atoms with Crippen molar-refractivity contribution in [3.63, 3.8) is 0 Å². The summed E-state index contributed by atoms with van der Waals surface area (Å²) >= 11 is 0. The number of hydrogen-bond acceptors (Lipinski definition) is 8. The van der Waals surface area contributed by atoms with Gasteiger partial charge in [0.05, 0.1) is 19.3 Å². The molecule has 0 aliphatic heterocycles. The van der Waals surface area contributed by atoms with Gasteiger partial charge in [-0.15, -0.1) is 0 Å². The number of rotatable bonds is 13. The molecule has 0 bridgehead atoms. The van der Waals surface area contributed by atoms with Gasteiger partial charge in [-0.05, 0) is 18.8 Å². The zero-order valence-electron chi connectivity index (χ0n) is 20.9. The molecule has 0 fully saturated rings. The van der Waals surface area contributed by atoms with Crippen LogP contribution >= 0.6 is 0 Å². The van der Waals surface area contributed by atoms with E-state index in [0.717, 1.165) is 0 Å². The Kier molecular flexibility index (Phi) is 13.3. The van der Waals surface area contributed by atoms with Crippen molar-refractivity contribution in [1.29, 1.82) is 0 Å². The fourth-order valence-corrected chi connectivity index (χ4v) is 2.72. The van der Waals surface area contributed by atoms with Gasteiger partial charge < -0.3 is 42.1 Å². The van der Waals surface area contributed by atoms with Crippen LogP contribution in [0.1, 0.15) is 34.6 Å². The molecular formula is C21H40N6O7. The van der Waals surface area contributed by atoms with Gasteiger partial charge in [0.2, 0.25) is 29.5 Å². The van der Waals surface area contributed by atoms with Crippen LogP contribution in [-0.2, 0) is 24.0 Å². The summed E-state index contributed by atoms with van der Waals surface area (Å²) in [5, 5.41) is 28.5. The molecule has 5 atom stereocenters. The minimum Gasteiger partial charge on any atom is -0.394 e. The summed E-state index contributed by atoms with van der Waals surface area (Å²) in [5.74, 6) is -3.81. The van der Waals surface area contributed by atoms with E-state index >= 15 is 0 Å². The smallest absolute Gasteiger partial charge is 0.247 e. The molecule has 0 heterocycles. The predicted octanol–water partition coefficient (Wildman–Crippen LogP) is -3.34. The van der Waals surface area contributed by atoms with E-state index in [1.807, 2.05) is 0 Å². The molecular weight excluding hydrogens is 448 g/mol. The SMILES string of the molecule is CC(C)[C@H](N)C(=O)N[C@H](C(=O)N[C@@H](C)C(=O)N[C@@H](CO)C(=O)N[C@@H](CO)C(=O)N(C)C)C(C)C. The first kappa shape index (κ1) is 31.2. The van der Waals surface area contributed by atoms with E-state index in [-0.39, 0.29) is 11.8 Å². The van der Waals surface area contributed by atoms with Crippen LogP contribution in [0.15, 0.2) is 0 Å². The number of nitrogens with one attached hydrogen (secondary N) is 4. The number of aliphatic hydroxyl groups excluding tert-OH is 2. The molecule has 0 rings (SSSR count). The summed E-state index contributed by atoms with van der Waals surface area (Å²) in [5.41, 5.74) is 5.83. The van der Waals surface area contributed by atoms with Gasteiger partial charge in [-0.2, -0.15) is 0 Å². The van der Waals surface area contributed by atoms with Gasteiger partial charge >= 0.3 is 0 Å². The summed E-state index contributed by atoms with van der Waals surface area (Å²) in [6, 6.07) is -5.56. The van der Waals surface area contributed by atoms with E-state index in [9.17, 15) is 34.2 Å². The summed E-state index contributed by atoms with van der Waals surface area (Å²) in [6.45, 7) is 6.88. The molecule has 0 aromatic carbocycles. The maximum Gasteiger partial charge on any atom is 0.247 e. The monoisotopic (exact) mass is 488 g/mol. The number of nitrogens with zero attached hydrogens (tertiary/aromatic N) is 1. The Morgan fingerprint density at radius 2 is 1.21 bits per heavy atom. The first-order valence-electron chi connectivity index (χ1n) is 11.1. The van der Waals surface area contributed by atoms with Gasteiger partial charge in [0.15, 0.2) is 0 Å². The molecule has 0 aliphatic rings. The Bertz CT molecular complexity index is 728. The molecule has 0 spiro atoms. The maximum absolute atomic E-state index is 12.7. The lowest BCUT2D eigenvalue weighted by Gasteiger charge is -2.27. The molecule has 8 N–H and O–H groups in total. The lowest BCUT2D eigenvalue weighted by molar-refractivity contribution is -0.137. The average Bonchev–Trinajstić information content (AvgIpc) is 2.76. The fourth-order valence-electron chi connectivity index (χ4n) is 2.72. The molecule has 0 aliphatic carbocycles. The summed E-state index contributed by atoms with van der Waals surface area (Å²) in [6.07, 6.45) is 0. The van der Waals surface area contributed by atoms with Crippen LogP contribution < -0.4 is 27.0 Å². The van der Waals surface area contributed by atoms with E-state index in [1.165, 1.54) is 25.9 Å². The Hall–Kier alpha value is -2.77. The highest BCUT2D eigenvalue weighted by molar-refractivity contribution is 5.95. The van der Waals surface area contributed by atoms with Gasteiger partial charge in [-0.25, -0.2) is 0 Å². The fraction of sp³-hybridized carbons (Fsp3) is 0.762. The second-order valence-corrected chi connectivity index (χ2v) is 8.95. The van der Waals surface area contributed by atoms with Crippen molar-refractivity contribution < 1.29 is 34.2 Å². The molecule has 0 unspecified atom stereocenters. The van der Waals surface area contributed by atoms with Crippen molar-refractivity contribution in [3.8, 4) is 0 Å². The second kappa shape index (κ2) is 14.5. The zero-order chi connectivity index (χ0) is 26.7. The molecule has 34 heavy (non-hydrogen) atoms. The molecule has 13 heteroatoms. The highest BCUT2D eigenvalue weighted by Gasteiger charge is 2.31. The van der Waals surface area contributed by atoms with Crippen molar-refractivity contribution in [3.05, 3.63) is 0 Å². The molecule has 0 radical (unpaired) electrons. The van der Waals surface area contributed by atoms with Crippen molar-refractivity contribution in [2.75, 3.05) is 27.3 Å². The largest absolute Gasteiger partial charge is 0.394 e. The predicted molar refractivity (Wildman–Crippen MR) is 124 cm³/mol. The molecule has 0 saturated heterocycles. The molecule has 0 aromatic heterocycles. The average molecular weight is 489 g/mol. The normalized spacial score (nSPS) is 15.5. The van der Waals surface area contributed by atoms with E-state index in [2.05, 4.69) is 21.3 Å². The number of aliphatic hydroxyl groups is 2. The summed E-state index contributed by atoms with van der Waals surface area (Å²) in [4.78, 5) is 63.0. The molecule has 5 amide bonds. The van der Waals surface area contributed by atoms with Gasteiger partial charge in [-0.1, -0.05) is 27.7 Å². The van der Waals surface area contributed by atoms with E-state index in [4.69, 9.17) is 5.73 Å². The van der Waals surface area contributed by atoms with Crippen molar-refractivity contribution in [2.45, 2.75) is 64.8 Å². The van der Waals surface area contributed by atoms with Crippen molar-refractivity contribution in [1.82, 2.24) is 26.2 Å². The molecule has 13 nitrogen and oxygen atoms in total. The van der Waals surface area contributed by atoms with Crippen LogP contribution in [0.3, 0.4) is 0 Å². The van der Waals surface area contributed by atoms with Crippen molar-refractivity contribution >= 4 is 29.5 Å². The molecule has 0 aromatic rings. The topological polar surface area (TPSA) is 203 Å². The second-order valence-electron chi connectivity index (χ2n) is 8.95. The van der Waals surface area contributed by atoms with Gasteiger partial charge in [0.25, 0.3) is 0 Å². The van der Waals surface area contributed by atoms with Gasteiger partial charge in [0, 0.05) is 14.1 Å². The number of carbonyl (C=O) groups excluding carboxylic acids is 5. The van der Waals surface area contributed by atoms with Crippen LogP contribution in [0, 0.1) is 11.8 Å². The van der Waals surface area contributed by atoms with Gasteiger partial charge in [0.1, 0.15) is 24.2 Å². The van der Waals surface area contributed by atoms with Crippen molar-refractivity contribution in [2.24, 2.45) is 17.6 Å². The van der Waals surface area contributed by atoms with Crippen LogP contribution in [0.2, 0.25) is 0 Å². The van der Waals surface area contributed by atoms with E-state index in [0.29, 0.717) is 0 Å². The maximum atomic E-state index is 12.7. The highest BCUT2D eigenvalue weighted by Crippen LogP contribution is 2.05. The Morgan fingerprint density at radius 1 is 0.706 bits per heavy atom. The zero-order valence-corrected chi connectivity index (χ0v) is 20.9. The van der Waals surface area contributed by atoms with E-state index < -0.39 is 73.0 Å². The van der Waals surface area contributed by atoms with Crippen LogP contribution in [0.4, 0.5) is 0 Å². The third-order valence-corrected chi connectivity index (χ3v) is 5.07. The number of amides is 5. The summed E-state index contributed by atoms with van der Waals surface area (Å²) in [7, 11) is 2.88. The number of nitrogens with two attached hydrogens (primary N) is 1. The Morgan fingerprint density at radius 3 is 1.62 bits per heavy atom. The Balaban J connectivity index is 5.14. The number of likely N-dealkylation sites (N-methyl/N-ethyl adjacent to an activating group) is 1. The van der Waals surface area contributed by atoms with Crippen LogP contribution in [-0.4, -0.2) is 102 Å². The number of hydrogen-bond donors (Lipinski definition) is 7. The van der Waals surface area contributed by atoms with Crippen LogP contribution in [0.5, 0.6) is 0 Å². The molecule has 196 valence electrons. The third kappa shape index (κ3) is 9.61. The van der Waals surface area contributed by atoms with E-state index in [1.54, 1.807) is 27.7 Å². The minimum atomic E-state index is -1.43. The first-order valence-corrected chi connectivity index (χ1v) is 11.1. The lowest BCUT2D eigenvalue weighted by atomic mass is 10.00. The quantitative estimate of drug-likeness (QED) is 0.139. The lowest BCUT2D eigenvalue weighted by Crippen LogP contribution is -2.60. The minimum absolute atomic E-state index is 0.138. The first-order chi connectivity index (χ1) is 15.7. The summed E-state index contributed by atoms with van der Waals surface area (Å²) < 4.78 is 0. The standard InChI is InChI=1S/C21H40N6O7/c1-10(2)15(22)19(32)26-16(11(3)4)20(33)23-12(5)17(30)24-13(8-28)18(31)25-14(9-29)21(34)27(6)7/h10-16,28-29H,8-9,22H2,1-7H3,(H,23,33)(H,24,30)(H,25,31)(H,26,32)/t12-,13-,14-,15-,16-/m0/s1. The van der Waals surface area contributed by atoms with Gasteiger partial charge in [-0.3, -0.25) is 24.0 Å².